The second kappa shape index (κ2) is 7.96. The van der Waals surface area contributed by atoms with Crippen molar-refractivity contribution in [1.29, 1.82) is 0 Å². The minimum atomic E-state index is -1.18. The number of aliphatic carboxylic acids is 1. The summed E-state index contributed by atoms with van der Waals surface area (Å²) in [6.07, 6.45) is 6.57. The zero-order chi connectivity index (χ0) is 16.8. The molecule has 0 radical (unpaired) electrons. The third-order valence-electron chi connectivity index (χ3n) is 3.60. The molecule has 22 heavy (non-hydrogen) atoms. The molecule has 1 amide bonds. The van der Waals surface area contributed by atoms with Crippen LogP contribution in [0.3, 0.4) is 0 Å². The molecular formula is C16H26N3O3-. The first-order chi connectivity index (χ1) is 10.2. The van der Waals surface area contributed by atoms with Gasteiger partial charge in [0.15, 0.2) is 0 Å². The highest BCUT2D eigenvalue weighted by Gasteiger charge is 2.30. The minimum Gasteiger partial charge on any atom is -0.550 e. The van der Waals surface area contributed by atoms with Crippen LogP contribution in [0.15, 0.2) is 18.7 Å². The van der Waals surface area contributed by atoms with Crippen LogP contribution in [0.5, 0.6) is 0 Å². The number of amides is 1. The lowest BCUT2D eigenvalue weighted by Crippen LogP contribution is -2.43. The van der Waals surface area contributed by atoms with Gasteiger partial charge in [0, 0.05) is 43.3 Å². The van der Waals surface area contributed by atoms with E-state index in [4.69, 9.17) is 0 Å². The summed E-state index contributed by atoms with van der Waals surface area (Å²) in [5, 5.41) is 14.0. The standard InChI is InChI=1S/C16H27N3O3/c1-12(15(21)22)13(10-16(2,3)4)14(20)18-6-5-8-19-9-7-17-11-19/h7,9,11-13H,5-6,8,10H2,1-4H3,(H,18,20)(H,21,22)/p-1. The number of carbonyl (C=O) groups excluding carboxylic acids is 2. The summed E-state index contributed by atoms with van der Waals surface area (Å²) in [5.41, 5.74) is -0.122. The zero-order valence-electron chi connectivity index (χ0n) is 13.8. The van der Waals surface area contributed by atoms with Crippen LogP contribution in [0.25, 0.3) is 0 Å². The molecule has 6 heteroatoms. The van der Waals surface area contributed by atoms with Gasteiger partial charge in [0.1, 0.15) is 0 Å². The van der Waals surface area contributed by atoms with Gasteiger partial charge in [0.05, 0.1) is 6.33 Å². The minimum absolute atomic E-state index is 0.122. The molecular weight excluding hydrogens is 282 g/mol. The molecule has 0 aliphatic carbocycles. The SMILES string of the molecule is CC(C(=O)[O-])C(CC(C)(C)C)C(=O)NCCCn1ccnc1. The van der Waals surface area contributed by atoms with Crippen LogP contribution < -0.4 is 10.4 Å². The van der Waals surface area contributed by atoms with Crippen LogP contribution in [-0.4, -0.2) is 28.0 Å². The Morgan fingerprint density at radius 1 is 1.36 bits per heavy atom. The number of aryl methyl sites for hydroxylation is 1. The molecule has 1 aromatic heterocycles. The van der Waals surface area contributed by atoms with E-state index < -0.39 is 17.8 Å². The number of carbonyl (C=O) groups is 2. The number of hydrogen-bond acceptors (Lipinski definition) is 4. The molecule has 0 aliphatic rings. The topological polar surface area (TPSA) is 87.0 Å². The fraction of sp³-hybridized carbons (Fsp3) is 0.688. The number of nitrogens with one attached hydrogen (secondary N) is 1. The molecule has 0 aliphatic heterocycles. The van der Waals surface area contributed by atoms with E-state index in [0.717, 1.165) is 13.0 Å². The molecule has 1 heterocycles. The van der Waals surface area contributed by atoms with Crippen molar-refractivity contribution in [2.45, 2.75) is 47.1 Å². The second-order valence-corrected chi connectivity index (χ2v) is 6.92. The molecule has 2 atom stereocenters. The average molecular weight is 308 g/mol. The number of imidazole rings is 1. The number of aromatic nitrogens is 2. The van der Waals surface area contributed by atoms with E-state index in [1.54, 1.807) is 12.5 Å². The molecule has 0 saturated heterocycles. The van der Waals surface area contributed by atoms with Crippen molar-refractivity contribution in [3.05, 3.63) is 18.7 Å². The molecule has 2 unspecified atom stereocenters. The maximum absolute atomic E-state index is 12.3. The fourth-order valence-corrected chi connectivity index (χ4v) is 2.34. The van der Waals surface area contributed by atoms with Gasteiger partial charge in [-0.2, -0.15) is 0 Å². The van der Waals surface area contributed by atoms with Gasteiger partial charge >= 0.3 is 0 Å². The second-order valence-electron chi connectivity index (χ2n) is 6.92. The highest BCUT2D eigenvalue weighted by Crippen LogP contribution is 2.29. The lowest BCUT2D eigenvalue weighted by molar-refractivity contribution is -0.312. The van der Waals surface area contributed by atoms with Crippen molar-refractivity contribution in [1.82, 2.24) is 14.9 Å². The summed E-state index contributed by atoms with van der Waals surface area (Å²) in [5.74, 6) is -2.76. The van der Waals surface area contributed by atoms with Crippen molar-refractivity contribution in [3.8, 4) is 0 Å². The van der Waals surface area contributed by atoms with Gasteiger partial charge in [0.2, 0.25) is 5.91 Å². The molecule has 0 aromatic carbocycles. The maximum Gasteiger partial charge on any atom is 0.223 e. The smallest absolute Gasteiger partial charge is 0.223 e. The third kappa shape index (κ3) is 6.28. The lowest BCUT2D eigenvalue weighted by atomic mass is 9.78. The number of nitrogens with zero attached hydrogens (tertiary/aromatic N) is 2. The summed E-state index contributed by atoms with van der Waals surface area (Å²) in [6.45, 7) is 8.80. The normalized spacial score (nSPS) is 14.4. The Hall–Kier alpha value is -1.85. The van der Waals surface area contributed by atoms with Gasteiger partial charge in [-0.25, -0.2) is 4.98 Å². The van der Waals surface area contributed by atoms with Crippen molar-refractivity contribution >= 4 is 11.9 Å². The molecule has 124 valence electrons. The van der Waals surface area contributed by atoms with Gasteiger partial charge in [-0.1, -0.05) is 27.7 Å². The number of rotatable bonds is 8. The maximum atomic E-state index is 12.3. The molecule has 1 aromatic rings. The van der Waals surface area contributed by atoms with E-state index in [-0.39, 0.29) is 11.3 Å². The largest absolute Gasteiger partial charge is 0.550 e. The monoisotopic (exact) mass is 308 g/mol. The quantitative estimate of drug-likeness (QED) is 0.721. The van der Waals surface area contributed by atoms with Gasteiger partial charge in [-0.05, 0) is 18.3 Å². The first-order valence-corrected chi connectivity index (χ1v) is 7.65. The Labute approximate surface area is 131 Å². The van der Waals surface area contributed by atoms with Crippen LogP contribution in [0, 0.1) is 17.3 Å². The summed E-state index contributed by atoms with van der Waals surface area (Å²) < 4.78 is 1.93. The Morgan fingerprint density at radius 2 is 2.05 bits per heavy atom. The fourth-order valence-electron chi connectivity index (χ4n) is 2.34. The molecule has 0 spiro atoms. The number of carboxylic acid groups (broad SMARTS) is 1. The first kappa shape index (κ1) is 18.2. The Bertz CT molecular complexity index is 477. The van der Waals surface area contributed by atoms with Crippen LogP contribution in [0.1, 0.15) is 40.5 Å². The van der Waals surface area contributed by atoms with Gasteiger partial charge in [-0.3, -0.25) is 4.79 Å². The lowest BCUT2D eigenvalue weighted by Gasteiger charge is -2.30. The van der Waals surface area contributed by atoms with Crippen LogP contribution in [0.4, 0.5) is 0 Å². The van der Waals surface area contributed by atoms with E-state index in [0.29, 0.717) is 13.0 Å². The molecule has 0 bridgehead atoms. The van der Waals surface area contributed by atoms with Crippen molar-refractivity contribution in [2.24, 2.45) is 17.3 Å². The van der Waals surface area contributed by atoms with Crippen LogP contribution in [-0.2, 0) is 16.1 Å². The van der Waals surface area contributed by atoms with Crippen LogP contribution >= 0.6 is 0 Å². The summed E-state index contributed by atoms with van der Waals surface area (Å²) in [4.78, 5) is 27.4. The molecule has 0 saturated carbocycles. The van der Waals surface area contributed by atoms with Crippen LogP contribution in [0.2, 0.25) is 0 Å². The Balaban J connectivity index is 2.50. The summed E-state index contributed by atoms with van der Waals surface area (Å²) in [7, 11) is 0. The van der Waals surface area contributed by atoms with Gasteiger partial charge in [0.25, 0.3) is 0 Å². The average Bonchev–Trinajstić information content (AvgIpc) is 2.92. The van der Waals surface area contributed by atoms with Gasteiger partial charge in [-0.15, -0.1) is 0 Å². The highest BCUT2D eigenvalue weighted by atomic mass is 16.4. The third-order valence-corrected chi connectivity index (χ3v) is 3.60. The predicted molar refractivity (Wildman–Crippen MR) is 81.6 cm³/mol. The molecule has 1 N–H and O–H groups in total. The molecule has 0 fully saturated rings. The Kier molecular flexibility index (Phi) is 6.59. The van der Waals surface area contributed by atoms with E-state index in [1.807, 2.05) is 31.5 Å². The molecule has 6 nitrogen and oxygen atoms in total. The Morgan fingerprint density at radius 3 is 2.55 bits per heavy atom. The summed E-state index contributed by atoms with van der Waals surface area (Å²) in [6, 6.07) is 0. The van der Waals surface area contributed by atoms with Crippen molar-refractivity contribution in [2.75, 3.05) is 6.54 Å². The zero-order valence-corrected chi connectivity index (χ0v) is 13.8. The van der Waals surface area contributed by atoms with Crippen molar-refractivity contribution in [3.63, 3.8) is 0 Å². The van der Waals surface area contributed by atoms with Crippen molar-refractivity contribution < 1.29 is 14.7 Å². The number of carboxylic acids is 1. The summed E-state index contributed by atoms with van der Waals surface area (Å²) >= 11 is 0. The van der Waals surface area contributed by atoms with E-state index in [1.165, 1.54) is 6.92 Å². The van der Waals surface area contributed by atoms with Gasteiger partial charge < -0.3 is 19.8 Å². The highest BCUT2D eigenvalue weighted by molar-refractivity contribution is 5.83. The van der Waals surface area contributed by atoms with E-state index >= 15 is 0 Å². The first-order valence-electron chi connectivity index (χ1n) is 7.65. The van der Waals surface area contributed by atoms with E-state index in [9.17, 15) is 14.7 Å². The number of hydrogen-bond donors (Lipinski definition) is 1. The van der Waals surface area contributed by atoms with E-state index in [2.05, 4.69) is 10.3 Å². The molecule has 1 rings (SSSR count). The predicted octanol–water partition coefficient (Wildman–Crippen LogP) is 0.828.